The molecular formula is C15H16ClN3S. The highest BCUT2D eigenvalue weighted by Crippen LogP contribution is 2.22. The lowest BCUT2D eigenvalue weighted by atomic mass is 10.1. The van der Waals surface area contributed by atoms with Crippen LogP contribution in [0, 0.1) is 6.92 Å². The summed E-state index contributed by atoms with van der Waals surface area (Å²) in [6.45, 7) is 2.67. The largest absolute Gasteiger partial charge is 0.389 e. The van der Waals surface area contributed by atoms with Crippen LogP contribution in [0.25, 0.3) is 0 Å². The zero-order chi connectivity index (χ0) is 14.7. The Labute approximate surface area is 129 Å². The SMILES string of the molecule is Cc1ccnc(N(C)Cc2cccc(Cl)c2)c1C(N)=S. The molecule has 0 atom stereocenters. The molecule has 1 heterocycles. The third kappa shape index (κ3) is 3.26. The van der Waals surface area contributed by atoms with Gasteiger partial charge in [-0.25, -0.2) is 4.98 Å². The summed E-state index contributed by atoms with van der Waals surface area (Å²) in [7, 11) is 1.96. The van der Waals surface area contributed by atoms with Crippen LogP contribution < -0.4 is 10.6 Å². The number of halogens is 1. The third-order valence-corrected chi connectivity index (χ3v) is 3.50. The summed E-state index contributed by atoms with van der Waals surface area (Å²) in [6.07, 6.45) is 1.76. The summed E-state index contributed by atoms with van der Waals surface area (Å²) in [5.74, 6) is 0.789. The average molecular weight is 306 g/mol. The lowest BCUT2D eigenvalue weighted by Gasteiger charge is -2.22. The van der Waals surface area contributed by atoms with E-state index in [-0.39, 0.29) is 0 Å². The molecule has 2 N–H and O–H groups in total. The molecule has 5 heteroatoms. The molecule has 0 fully saturated rings. The Morgan fingerprint density at radius 2 is 2.15 bits per heavy atom. The monoisotopic (exact) mass is 305 g/mol. The van der Waals surface area contributed by atoms with E-state index < -0.39 is 0 Å². The summed E-state index contributed by atoms with van der Waals surface area (Å²) in [5.41, 5.74) is 8.78. The van der Waals surface area contributed by atoms with Crippen molar-refractivity contribution in [3.63, 3.8) is 0 Å². The standard InChI is InChI=1S/C15H16ClN3S/c1-10-6-7-18-15(13(10)14(17)20)19(2)9-11-4-3-5-12(16)8-11/h3-8H,9H2,1-2H3,(H2,17,20). The molecule has 0 saturated heterocycles. The van der Waals surface area contributed by atoms with E-state index in [2.05, 4.69) is 4.98 Å². The van der Waals surface area contributed by atoms with Gasteiger partial charge in [-0.1, -0.05) is 36.0 Å². The van der Waals surface area contributed by atoms with E-state index in [9.17, 15) is 0 Å². The molecule has 104 valence electrons. The van der Waals surface area contributed by atoms with Gasteiger partial charge in [0.15, 0.2) is 0 Å². The topological polar surface area (TPSA) is 42.2 Å². The van der Waals surface area contributed by atoms with E-state index >= 15 is 0 Å². The van der Waals surface area contributed by atoms with Gasteiger partial charge in [0.25, 0.3) is 0 Å². The highest BCUT2D eigenvalue weighted by atomic mass is 35.5. The molecule has 0 aliphatic heterocycles. The predicted molar refractivity (Wildman–Crippen MR) is 88.4 cm³/mol. The molecule has 0 aliphatic rings. The summed E-state index contributed by atoms with van der Waals surface area (Å²) < 4.78 is 0. The van der Waals surface area contributed by atoms with Gasteiger partial charge in [0, 0.05) is 24.8 Å². The van der Waals surface area contributed by atoms with Gasteiger partial charge in [-0.2, -0.15) is 0 Å². The number of aromatic nitrogens is 1. The summed E-state index contributed by atoms with van der Waals surface area (Å²) in [5, 5.41) is 0.725. The minimum absolute atomic E-state index is 0.364. The molecule has 0 spiro atoms. The number of nitrogens with zero attached hydrogens (tertiary/aromatic N) is 2. The van der Waals surface area contributed by atoms with Crippen molar-refractivity contribution in [2.45, 2.75) is 13.5 Å². The van der Waals surface area contributed by atoms with E-state index in [1.165, 1.54) is 0 Å². The maximum Gasteiger partial charge on any atom is 0.139 e. The Morgan fingerprint density at radius 3 is 2.80 bits per heavy atom. The number of benzene rings is 1. The number of rotatable bonds is 4. The van der Waals surface area contributed by atoms with Crippen molar-refractivity contribution in [2.24, 2.45) is 5.73 Å². The number of hydrogen-bond acceptors (Lipinski definition) is 3. The first kappa shape index (κ1) is 14.8. The van der Waals surface area contributed by atoms with Crippen LogP contribution >= 0.6 is 23.8 Å². The second kappa shape index (κ2) is 6.20. The summed E-state index contributed by atoms with van der Waals surface area (Å²) in [4.78, 5) is 6.79. The van der Waals surface area contributed by atoms with Gasteiger partial charge in [-0.05, 0) is 36.2 Å². The van der Waals surface area contributed by atoms with Crippen molar-refractivity contribution in [2.75, 3.05) is 11.9 Å². The molecule has 0 unspecified atom stereocenters. The van der Waals surface area contributed by atoms with E-state index in [1.807, 2.05) is 49.2 Å². The Hall–Kier alpha value is -1.65. The molecule has 0 aliphatic carbocycles. The normalized spacial score (nSPS) is 10.3. The molecule has 1 aromatic heterocycles. The number of anilines is 1. The van der Waals surface area contributed by atoms with Gasteiger partial charge in [0.05, 0.1) is 5.56 Å². The average Bonchev–Trinajstić information content (AvgIpc) is 2.37. The van der Waals surface area contributed by atoms with Crippen molar-refractivity contribution in [1.82, 2.24) is 4.98 Å². The van der Waals surface area contributed by atoms with Crippen LogP contribution in [0.3, 0.4) is 0 Å². The number of thiocarbonyl (C=S) groups is 1. The molecular weight excluding hydrogens is 290 g/mol. The maximum atomic E-state index is 6.01. The lowest BCUT2D eigenvalue weighted by Crippen LogP contribution is -2.23. The zero-order valence-electron chi connectivity index (χ0n) is 11.4. The highest BCUT2D eigenvalue weighted by Gasteiger charge is 2.14. The van der Waals surface area contributed by atoms with Crippen molar-refractivity contribution < 1.29 is 0 Å². The fourth-order valence-corrected chi connectivity index (χ4v) is 2.59. The van der Waals surface area contributed by atoms with Crippen LogP contribution in [0.5, 0.6) is 0 Å². The molecule has 1 aromatic carbocycles. The first-order valence-electron chi connectivity index (χ1n) is 6.20. The van der Waals surface area contributed by atoms with Gasteiger partial charge in [-0.3, -0.25) is 0 Å². The molecule has 0 bridgehead atoms. The van der Waals surface area contributed by atoms with E-state index in [1.54, 1.807) is 6.20 Å². The van der Waals surface area contributed by atoms with Crippen LogP contribution in [-0.4, -0.2) is 17.0 Å². The number of aryl methyl sites for hydroxylation is 1. The second-order valence-electron chi connectivity index (χ2n) is 4.68. The van der Waals surface area contributed by atoms with Gasteiger partial charge < -0.3 is 10.6 Å². The van der Waals surface area contributed by atoms with Gasteiger partial charge in [0.1, 0.15) is 10.8 Å². The van der Waals surface area contributed by atoms with Gasteiger partial charge >= 0.3 is 0 Å². The van der Waals surface area contributed by atoms with Crippen LogP contribution in [-0.2, 0) is 6.54 Å². The van der Waals surface area contributed by atoms with E-state index in [4.69, 9.17) is 29.6 Å². The summed E-state index contributed by atoms with van der Waals surface area (Å²) >= 11 is 11.1. The Kier molecular flexibility index (Phi) is 4.57. The second-order valence-corrected chi connectivity index (χ2v) is 5.55. The zero-order valence-corrected chi connectivity index (χ0v) is 13.0. The summed E-state index contributed by atoms with van der Waals surface area (Å²) in [6, 6.07) is 9.66. The minimum Gasteiger partial charge on any atom is -0.389 e. The minimum atomic E-state index is 0.364. The van der Waals surface area contributed by atoms with Crippen molar-refractivity contribution >= 4 is 34.6 Å². The lowest BCUT2D eigenvalue weighted by molar-refractivity contribution is 0.894. The molecule has 0 radical (unpaired) electrons. The fourth-order valence-electron chi connectivity index (χ4n) is 2.12. The van der Waals surface area contributed by atoms with E-state index in [0.29, 0.717) is 11.5 Å². The quantitative estimate of drug-likeness (QED) is 0.880. The first-order valence-corrected chi connectivity index (χ1v) is 6.98. The van der Waals surface area contributed by atoms with Gasteiger partial charge in [-0.15, -0.1) is 0 Å². The molecule has 3 nitrogen and oxygen atoms in total. The fraction of sp³-hybridized carbons (Fsp3) is 0.200. The maximum absolute atomic E-state index is 6.01. The smallest absolute Gasteiger partial charge is 0.139 e. The van der Waals surface area contributed by atoms with E-state index in [0.717, 1.165) is 27.5 Å². The number of pyridine rings is 1. The predicted octanol–water partition coefficient (Wildman–Crippen LogP) is 3.31. The number of nitrogens with two attached hydrogens (primary N) is 1. The Bertz CT molecular complexity index is 643. The van der Waals surface area contributed by atoms with Crippen LogP contribution in [0.15, 0.2) is 36.5 Å². The first-order chi connectivity index (χ1) is 9.49. The molecule has 0 saturated carbocycles. The molecule has 0 amide bonds. The van der Waals surface area contributed by atoms with Crippen molar-refractivity contribution in [3.8, 4) is 0 Å². The van der Waals surface area contributed by atoms with Crippen LogP contribution in [0.1, 0.15) is 16.7 Å². The Balaban J connectivity index is 2.32. The Morgan fingerprint density at radius 1 is 1.40 bits per heavy atom. The third-order valence-electron chi connectivity index (χ3n) is 3.06. The molecule has 20 heavy (non-hydrogen) atoms. The van der Waals surface area contributed by atoms with Gasteiger partial charge in [0.2, 0.25) is 0 Å². The number of hydrogen-bond donors (Lipinski definition) is 1. The van der Waals surface area contributed by atoms with Crippen LogP contribution in [0.4, 0.5) is 5.82 Å². The molecule has 2 aromatic rings. The van der Waals surface area contributed by atoms with Crippen molar-refractivity contribution in [3.05, 3.63) is 58.2 Å². The van der Waals surface area contributed by atoms with Crippen molar-refractivity contribution in [1.29, 1.82) is 0 Å². The van der Waals surface area contributed by atoms with Crippen LogP contribution in [0.2, 0.25) is 5.02 Å². The highest BCUT2D eigenvalue weighted by molar-refractivity contribution is 7.80. The molecule has 2 rings (SSSR count).